The van der Waals surface area contributed by atoms with Gasteiger partial charge in [-0.3, -0.25) is 0 Å². The summed E-state index contributed by atoms with van der Waals surface area (Å²) in [6.07, 6.45) is 2.61. The van der Waals surface area contributed by atoms with Crippen molar-refractivity contribution >= 4 is 47.5 Å². The van der Waals surface area contributed by atoms with Gasteiger partial charge in [0.05, 0.1) is 23.4 Å². The van der Waals surface area contributed by atoms with Crippen LogP contribution >= 0.6 is 27.3 Å². The molecule has 0 aliphatic carbocycles. The van der Waals surface area contributed by atoms with E-state index in [1.54, 1.807) is 33.8 Å². The lowest BCUT2D eigenvalue weighted by molar-refractivity contribution is 0.254. The summed E-state index contributed by atoms with van der Waals surface area (Å²) in [5.74, 6) is 0.354. The van der Waals surface area contributed by atoms with Crippen LogP contribution in [-0.2, 0) is 10.0 Å². The van der Waals surface area contributed by atoms with Gasteiger partial charge in [0, 0.05) is 11.0 Å². The van der Waals surface area contributed by atoms with Gasteiger partial charge in [0.15, 0.2) is 0 Å². The largest absolute Gasteiger partial charge is 0.495 e. The van der Waals surface area contributed by atoms with Crippen molar-refractivity contribution in [2.24, 2.45) is 0 Å². The maximum Gasteiger partial charge on any atom is 0.247 e. The normalized spacial score (nSPS) is 18.7. The fourth-order valence-electron chi connectivity index (χ4n) is 3.45. The second-order valence-corrected chi connectivity index (χ2v) is 10.3. The van der Waals surface area contributed by atoms with E-state index >= 15 is 0 Å². The van der Waals surface area contributed by atoms with Crippen LogP contribution in [0.1, 0.15) is 30.3 Å². The minimum Gasteiger partial charge on any atom is -0.495 e. The Morgan fingerprint density at radius 2 is 2.04 bits per heavy atom. The Hall–Kier alpha value is -1.48. The predicted molar refractivity (Wildman–Crippen MR) is 111 cm³/mol. The van der Waals surface area contributed by atoms with Crippen molar-refractivity contribution in [2.45, 2.75) is 30.2 Å². The molecule has 0 N–H and O–H groups in total. The second kappa shape index (κ2) is 7.50. The van der Waals surface area contributed by atoms with Gasteiger partial charge in [-0.15, -0.1) is 11.3 Å². The highest BCUT2D eigenvalue weighted by atomic mass is 79.9. The van der Waals surface area contributed by atoms with Crippen LogP contribution in [0, 0.1) is 0 Å². The smallest absolute Gasteiger partial charge is 0.247 e. The van der Waals surface area contributed by atoms with E-state index in [1.807, 2.05) is 24.3 Å². The molecule has 27 heavy (non-hydrogen) atoms. The Labute approximate surface area is 171 Å². The Morgan fingerprint density at radius 3 is 2.81 bits per heavy atom. The molecule has 0 saturated carbocycles. The molecule has 1 saturated heterocycles. The molecule has 0 spiro atoms. The number of sulfonamides is 1. The monoisotopic (exact) mass is 466 g/mol. The number of ether oxygens (including phenoxy) is 1. The zero-order chi connectivity index (χ0) is 19.0. The van der Waals surface area contributed by atoms with Crippen molar-refractivity contribution in [3.8, 4) is 5.75 Å². The zero-order valence-corrected chi connectivity index (χ0v) is 18.0. The maximum absolute atomic E-state index is 13.5. The number of aromatic nitrogens is 1. The van der Waals surface area contributed by atoms with E-state index in [2.05, 4.69) is 15.9 Å². The third-order valence-corrected chi connectivity index (χ3v) is 8.32. The third kappa shape index (κ3) is 3.51. The van der Waals surface area contributed by atoms with Crippen LogP contribution in [0.3, 0.4) is 0 Å². The first-order valence-electron chi connectivity index (χ1n) is 8.71. The van der Waals surface area contributed by atoms with Gasteiger partial charge >= 0.3 is 0 Å². The maximum atomic E-state index is 13.5. The van der Waals surface area contributed by atoms with Gasteiger partial charge in [-0.05, 0) is 43.2 Å². The second-order valence-electron chi connectivity index (χ2n) is 6.44. The lowest BCUT2D eigenvalue weighted by Crippen LogP contribution is -2.38. The molecule has 1 aromatic heterocycles. The molecule has 2 aromatic carbocycles. The number of rotatable bonds is 4. The van der Waals surface area contributed by atoms with E-state index < -0.39 is 10.0 Å². The van der Waals surface area contributed by atoms with Crippen molar-refractivity contribution in [1.82, 2.24) is 9.29 Å². The molecule has 4 rings (SSSR count). The minimum absolute atomic E-state index is 0.187. The molecule has 0 amide bonds. The summed E-state index contributed by atoms with van der Waals surface area (Å²) in [4.78, 5) is 4.91. The van der Waals surface area contributed by atoms with Crippen LogP contribution in [0.4, 0.5) is 0 Å². The van der Waals surface area contributed by atoms with Gasteiger partial charge in [0.1, 0.15) is 15.7 Å². The molecule has 5 nitrogen and oxygen atoms in total. The van der Waals surface area contributed by atoms with Crippen LogP contribution in [0.2, 0.25) is 0 Å². The number of nitrogens with zero attached hydrogens (tertiary/aromatic N) is 2. The first-order valence-corrected chi connectivity index (χ1v) is 11.8. The third-order valence-electron chi connectivity index (χ3n) is 4.76. The Bertz CT molecular complexity index is 1050. The zero-order valence-electron chi connectivity index (χ0n) is 14.8. The molecule has 0 radical (unpaired) electrons. The lowest BCUT2D eigenvalue weighted by atomic mass is 10.1. The lowest BCUT2D eigenvalue weighted by Gasteiger charge is -2.33. The molecule has 1 unspecified atom stereocenters. The van der Waals surface area contributed by atoms with E-state index in [-0.39, 0.29) is 10.9 Å². The van der Waals surface area contributed by atoms with Gasteiger partial charge in [0.2, 0.25) is 10.0 Å². The summed E-state index contributed by atoms with van der Waals surface area (Å²) >= 11 is 4.95. The summed E-state index contributed by atoms with van der Waals surface area (Å²) in [6, 6.07) is 12.7. The molecule has 8 heteroatoms. The van der Waals surface area contributed by atoms with Crippen molar-refractivity contribution in [3.05, 3.63) is 51.9 Å². The van der Waals surface area contributed by atoms with E-state index in [0.717, 1.165) is 34.5 Å². The summed E-state index contributed by atoms with van der Waals surface area (Å²) in [7, 11) is -2.23. The molecule has 1 aliphatic rings. The Balaban J connectivity index is 1.79. The molecule has 0 bridgehead atoms. The SMILES string of the molecule is COc1ccc(Br)cc1S(=O)(=O)N1CCCCC1c1nc2ccccc2s1. The highest BCUT2D eigenvalue weighted by molar-refractivity contribution is 9.10. The molecular weight excluding hydrogens is 448 g/mol. The molecule has 1 fully saturated rings. The number of fused-ring (bicyclic) bond motifs is 1. The van der Waals surface area contributed by atoms with E-state index in [0.29, 0.717) is 16.8 Å². The van der Waals surface area contributed by atoms with Gasteiger partial charge < -0.3 is 4.74 Å². The number of thiazole rings is 1. The van der Waals surface area contributed by atoms with Crippen LogP contribution in [0.25, 0.3) is 10.2 Å². The number of hydrogen-bond donors (Lipinski definition) is 0. The van der Waals surface area contributed by atoms with Crippen molar-refractivity contribution < 1.29 is 13.2 Å². The highest BCUT2D eigenvalue weighted by Crippen LogP contribution is 2.40. The van der Waals surface area contributed by atoms with Crippen LogP contribution in [-0.4, -0.2) is 31.4 Å². The Morgan fingerprint density at radius 1 is 1.22 bits per heavy atom. The first-order chi connectivity index (χ1) is 13.0. The van der Waals surface area contributed by atoms with Gasteiger partial charge in [-0.1, -0.05) is 34.5 Å². The quantitative estimate of drug-likeness (QED) is 0.543. The van der Waals surface area contributed by atoms with Gasteiger partial charge in [0.25, 0.3) is 0 Å². The summed E-state index contributed by atoms with van der Waals surface area (Å²) < 4.78 is 35.7. The summed E-state index contributed by atoms with van der Waals surface area (Å²) in [6.45, 7) is 0.485. The number of methoxy groups -OCH3 is 1. The molecule has 1 atom stereocenters. The molecule has 142 valence electrons. The molecular formula is C19H19BrN2O3S2. The number of para-hydroxylation sites is 1. The van der Waals surface area contributed by atoms with Crippen LogP contribution in [0.5, 0.6) is 5.75 Å². The fourth-order valence-corrected chi connectivity index (χ4v) is 6.99. The van der Waals surface area contributed by atoms with E-state index in [4.69, 9.17) is 9.72 Å². The van der Waals surface area contributed by atoms with Crippen molar-refractivity contribution in [3.63, 3.8) is 0 Å². The standard InChI is InChI=1S/C19H19BrN2O3S2/c1-25-16-10-9-13(20)12-18(16)27(23,24)22-11-5-4-7-15(22)19-21-14-6-2-3-8-17(14)26-19/h2-3,6,8-10,12,15H,4-5,7,11H2,1H3. The Kier molecular flexibility index (Phi) is 5.24. The average Bonchev–Trinajstić information content (AvgIpc) is 3.12. The molecule has 1 aliphatic heterocycles. The average molecular weight is 467 g/mol. The van der Waals surface area contributed by atoms with Crippen LogP contribution < -0.4 is 4.74 Å². The van der Waals surface area contributed by atoms with Gasteiger partial charge in [-0.2, -0.15) is 4.31 Å². The van der Waals surface area contributed by atoms with Gasteiger partial charge in [-0.25, -0.2) is 13.4 Å². The van der Waals surface area contributed by atoms with E-state index in [9.17, 15) is 8.42 Å². The summed E-state index contributed by atoms with van der Waals surface area (Å²) in [5.41, 5.74) is 0.917. The number of benzene rings is 2. The van der Waals surface area contributed by atoms with Crippen LogP contribution in [0.15, 0.2) is 51.8 Å². The molecule has 2 heterocycles. The highest BCUT2D eigenvalue weighted by Gasteiger charge is 2.37. The summed E-state index contributed by atoms with van der Waals surface area (Å²) in [5, 5.41) is 0.855. The number of halogens is 1. The molecule has 3 aromatic rings. The number of piperidine rings is 1. The van der Waals surface area contributed by atoms with E-state index in [1.165, 1.54) is 7.11 Å². The fraction of sp³-hybridized carbons (Fsp3) is 0.316. The van der Waals surface area contributed by atoms with Crippen molar-refractivity contribution in [1.29, 1.82) is 0 Å². The topological polar surface area (TPSA) is 59.5 Å². The number of hydrogen-bond acceptors (Lipinski definition) is 5. The minimum atomic E-state index is -3.72. The first kappa shape index (κ1) is 18.9. The van der Waals surface area contributed by atoms with Crippen molar-refractivity contribution in [2.75, 3.05) is 13.7 Å². The predicted octanol–water partition coefficient (Wildman–Crippen LogP) is 4.98.